The molecule has 3 N–H and O–H groups in total. The van der Waals surface area contributed by atoms with Crippen LogP contribution in [0.5, 0.6) is 0 Å². The molecule has 1 aromatic carbocycles. The van der Waals surface area contributed by atoms with E-state index in [1.807, 2.05) is 18.2 Å². The van der Waals surface area contributed by atoms with Gasteiger partial charge in [0.15, 0.2) is 5.58 Å². The third-order valence-corrected chi connectivity index (χ3v) is 3.68. The SMILES string of the molecule is CCC1OCCC1CNc1nc2cc(N)ccc2o1. The van der Waals surface area contributed by atoms with E-state index in [0.717, 1.165) is 37.1 Å². The molecule has 1 fully saturated rings. The van der Waals surface area contributed by atoms with Crippen LogP contribution in [0.4, 0.5) is 11.7 Å². The van der Waals surface area contributed by atoms with Gasteiger partial charge in [-0.05, 0) is 31.0 Å². The molecule has 0 amide bonds. The summed E-state index contributed by atoms with van der Waals surface area (Å²) in [5, 5.41) is 3.26. The lowest BCUT2D eigenvalue weighted by Gasteiger charge is -2.16. The Labute approximate surface area is 112 Å². The van der Waals surface area contributed by atoms with E-state index in [4.69, 9.17) is 14.9 Å². The first kappa shape index (κ1) is 12.3. The van der Waals surface area contributed by atoms with Crippen molar-refractivity contribution in [2.24, 2.45) is 5.92 Å². The van der Waals surface area contributed by atoms with Crippen LogP contribution in [-0.2, 0) is 4.74 Å². The second-order valence-electron chi connectivity index (χ2n) is 4.99. The monoisotopic (exact) mass is 261 g/mol. The molecule has 1 saturated heterocycles. The van der Waals surface area contributed by atoms with Crippen LogP contribution in [0, 0.1) is 5.92 Å². The molecule has 5 heteroatoms. The maximum absolute atomic E-state index is 5.72. The van der Waals surface area contributed by atoms with Gasteiger partial charge in [0.1, 0.15) is 5.52 Å². The Bertz CT molecular complexity index is 567. The average molecular weight is 261 g/mol. The maximum Gasteiger partial charge on any atom is 0.295 e. The predicted octanol–water partition coefficient (Wildman–Crippen LogP) is 2.64. The number of nitrogens with one attached hydrogen (secondary N) is 1. The summed E-state index contributed by atoms with van der Waals surface area (Å²) in [6.07, 6.45) is 2.50. The van der Waals surface area contributed by atoms with Gasteiger partial charge in [-0.3, -0.25) is 0 Å². The number of rotatable bonds is 4. The fraction of sp³-hybridized carbons (Fsp3) is 0.500. The summed E-state index contributed by atoms with van der Waals surface area (Å²) < 4.78 is 11.3. The number of ether oxygens (including phenoxy) is 1. The van der Waals surface area contributed by atoms with E-state index in [-0.39, 0.29) is 0 Å². The largest absolute Gasteiger partial charge is 0.424 e. The molecule has 0 radical (unpaired) electrons. The summed E-state index contributed by atoms with van der Waals surface area (Å²) >= 11 is 0. The van der Waals surface area contributed by atoms with Crippen molar-refractivity contribution in [1.82, 2.24) is 4.98 Å². The molecule has 0 saturated carbocycles. The van der Waals surface area contributed by atoms with Crippen LogP contribution in [-0.4, -0.2) is 24.2 Å². The molecule has 19 heavy (non-hydrogen) atoms. The molecule has 0 aliphatic carbocycles. The van der Waals surface area contributed by atoms with Crippen LogP contribution in [0.1, 0.15) is 19.8 Å². The number of oxazole rings is 1. The van der Waals surface area contributed by atoms with Crippen molar-refractivity contribution in [2.75, 3.05) is 24.2 Å². The van der Waals surface area contributed by atoms with Crippen molar-refractivity contribution in [2.45, 2.75) is 25.9 Å². The Balaban J connectivity index is 1.68. The van der Waals surface area contributed by atoms with Crippen LogP contribution in [0.3, 0.4) is 0 Å². The third-order valence-electron chi connectivity index (χ3n) is 3.68. The van der Waals surface area contributed by atoms with Crippen molar-refractivity contribution in [1.29, 1.82) is 0 Å². The number of benzene rings is 1. The molecule has 5 nitrogen and oxygen atoms in total. The van der Waals surface area contributed by atoms with Gasteiger partial charge in [-0.25, -0.2) is 0 Å². The second kappa shape index (κ2) is 5.09. The molecular weight excluding hydrogens is 242 g/mol. The lowest BCUT2D eigenvalue weighted by atomic mass is 10.00. The number of fused-ring (bicyclic) bond motifs is 1. The van der Waals surface area contributed by atoms with Gasteiger partial charge in [0.25, 0.3) is 6.01 Å². The summed E-state index contributed by atoms with van der Waals surface area (Å²) in [4.78, 5) is 4.39. The molecule has 2 aromatic rings. The van der Waals surface area contributed by atoms with Crippen molar-refractivity contribution in [3.63, 3.8) is 0 Å². The average Bonchev–Trinajstić information content (AvgIpc) is 3.01. The molecule has 2 unspecified atom stereocenters. The highest BCUT2D eigenvalue weighted by molar-refractivity contribution is 5.78. The molecule has 0 bridgehead atoms. The van der Waals surface area contributed by atoms with Gasteiger partial charge in [-0.2, -0.15) is 4.98 Å². The molecule has 1 aliphatic rings. The van der Waals surface area contributed by atoms with E-state index >= 15 is 0 Å². The highest BCUT2D eigenvalue weighted by atomic mass is 16.5. The van der Waals surface area contributed by atoms with Crippen molar-refractivity contribution >= 4 is 22.8 Å². The molecule has 1 aromatic heterocycles. The van der Waals surface area contributed by atoms with Crippen LogP contribution >= 0.6 is 0 Å². The molecular formula is C14H19N3O2. The zero-order valence-electron chi connectivity index (χ0n) is 11.1. The smallest absolute Gasteiger partial charge is 0.295 e. The first-order chi connectivity index (χ1) is 9.26. The molecule has 2 heterocycles. The highest BCUT2D eigenvalue weighted by Crippen LogP contribution is 2.25. The minimum Gasteiger partial charge on any atom is -0.424 e. The van der Waals surface area contributed by atoms with Crippen LogP contribution in [0.25, 0.3) is 11.1 Å². The minimum absolute atomic E-state index is 0.354. The normalized spacial score (nSPS) is 23.0. The number of anilines is 2. The van der Waals surface area contributed by atoms with E-state index in [9.17, 15) is 0 Å². The van der Waals surface area contributed by atoms with Crippen LogP contribution in [0.15, 0.2) is 22.6 Å². The van der Waals surface area contributed by atoms with Gasteiger partial charge in [-0.1, -0.05) is 6.92 Å². The van der Waals surface area contributed by atoms with Gasteiger partial charge in [0.2, 0.25) is 0 Å². The summed E-state index contributed by atoms with van der Waals surface area (Å²) in [5.41, 5.74) is 7.97. The summed E-state index contributed by atoms with van der Waals surface area (Å²) in [6, 6.07) is 6.03. The van der Waals surface area contributed by atoms with Gasteiger partial charge >= 0.3 is 0 Å². The fourth-order valence-electron chi connectivity index (χ4n) is 2.62. The predicted molar refractivity (Wildman–Crippen MR) is 75.0 cm³/mol. The molecule has 3 rings (SSSR count). The summed E-state index contributed by atoms with van der Waals surface area (Å²) in [7, 11) is 0. The maximum atomic E-state index is 5.72. The third kappa shape index (κ3) is 2.51. The van der Waals surface area contributed by atoms with Crippen LogP contribution < -0.4 is 11.1 Å². The first-order valence-corrected chi connectivity index (χ1v) is 6.78. The quantitative estimate of drug-likeness (QED) is 0.828. The van der Waals surface area contributed by atoms with Gasteiger partial charge in [0, 0.05) is 24.8 Å². The molecule has 0 spiro atoms. The first-order valence-electron chi connectivity index (χ1n) is 6.78. The fourth-order valence-corrected chi connectivity index (χ4v) is 2.62. The van der Waals surface area contributed by atoms with E-state index in [0.29, 0.717) is 23.7 Å². The van der Waals surface area contributed by atoms with Gasteiger partial charge in [-0.15, -0.1) is 0 Å². The number of aromatic nitrogens is 1. The number of hydrogen-bond acceptors (Lipinski definition) is 5. The minimum atomic E-state index is 0.354. The zero-order chi connectivity index (χ0) is 13.2. The summed E-state index contributed by atoms with van der Waals surface area (Å²) in [6.45, 7) is 3.85. The van der Waals surface area contributed by atoms with Crippen molar-refractivity contribution in [3.05, 3.63) is 18.2 Å². The van der Waals surface area contributed by atoms with E-state index in [1.165, 1.54) is 0 Å². The Morgan fingerprint density at radius 3 is 3.21 bits per heavy atom. The second-order valence-corrected chi connectivity index (χ2v) is 4.99. The van der Waals surface area contributed by atoms with E-state index < -0.39 is 0 Å². The van der Waals surface area contributed by atoms with Crippen LogP contribution in [0.2, 0.25) is 0 Å². The van der Waals surface area contributed by atoms with E-state index in [1.54, 1.807) is 0 Å². The number of nitrogens with zero attached hydrogens (tertiary/aromatic N) is 1. The summed E-state index contributed by atoms with van der Waals surface area (Å²) in [5.74, 6) is 0.532. The lowest BCUT2D eigenvalue weighted by Crippen LogP contribution is -2.22. The Morgan fingerprint density at radius 2 is 2.37 bits per heavy atom. The Morgan fingerprint density at radius 1 is 1.47 bits per heavy atom. The Hall–Kier alpha value is -1.75. The highest BCUT2D eigenvalue weighted by Gasteiger charge is 2.26. The molecule has 1 aliphatic heterocycles. The lowest BCUT2D eigenvalue weighted by molar-refractivity contribution is 0.0899. The van der Waals surface area contributed by atoms with Gasteiger partial charge < -0.3 is 20.2 Å². The van der Waals surface area contributed by atoms with Crippen molar-refractivity contribution in [3.8, 4) is 0 Å². The van der Waals surface area contributed by atoms with Gasteiger partial charge in [0.05, 0.1) is 6.10 Å². The zero-order valence-corrected chi connectivity index (χ0v) is 11.1. The Kier molecular flexibility index (Phi) is 3.29. The van der Waals surface area contributed by atoms with E-state index in [2.05, 4.69) is 17.2 Å². The topological polar surface area (TPSA) is 73.3 Å². The standard InChI is InChI=1S/C14H19N3O2/c1-2-12-9(5-6-18-12)8-16-14-17-11-7-10(15)3-4-13(11)19-14/h3-4,7,9,12H,2,5-6,8,15H2,1H3,(H,16,17). The number of nitrogens with two attached hydrogens (primary N) is 1. The number of hydrogen-bond donors (Lipinski definition) is 2. The number of nitrogen functional groups attached to an aromatic ring is 1. The molecule has 102 valence electrons. The van der Waals surface area contributed by atoms with Crippen molar-refractivity contribution < 1.29 is 9.15 Å². The molecule has 2 atom stereocenters.